The monoisotopic (exact) mass is 314 g/mol. The van der Waals surface area contributed by atoms with Crippen LogP contribution in [0.15, 0.2) is 11.1 Å². The van der Waals surface area contributed by atoms with Crippen LogP contribution in [0.25, 0.3) is 0 Å². The summed E-state index contributed by atoms with van der Waals surface area (Å²) >= 11 is 0. The molecule has 1 heteroatoms. The Kier molecular flexibility index (Phi) is 3.60. The van der Waals surface area contributed by atoms with Crippen molar-refractivity contribution in [3.8, 4) is 0 Å². The number of carbonyl (C=O) groups is 1. The number of rotatable bonds is 1. The maximum atomic E-state index is 12.2. The standard InChI is InChI=1S/C22H34O/c1-14-13-16-19-9-8-18(15(2)23)22(19,4)12-10-20(16)21(3)11-6-5-7-17(14)21/h16,18-20H,5-13H2,1-4H3/t16-,18+,19-,20-,21-,22+/m0/s1. The minimum atomic E-state index is 0.301. The number of ketones is 1. The van der Waals surface area contributed by atoms with Gasteiger partial charge in [-0.2, -0.15) is 0 Å². The van der Waals surface area contributed by atoms with Crippen molar-refractivity contribution in [1.29, 1.82) is 0 Å². The molecule has 4 aliphatic rings. The van der Waals surface area contributed by atoms with Crippen molar-refractivity contribution in [2.45, 2.75) is 85.5 Å². The van der Waals surface area contributed by atoms with Crippen molar-refractivity contribution >= 4 is 5.78 Å². The molecule has 0 aliphatic heterocycles. The molecule has 0 amide bonds. The first-order chi connectivity index (χ1) is 10.9. The minimum Gasteiger partial charge on any atom is -0.300 e. The molecule has 0 N–H and O–H groups in total. The zero-order valence-corrected chi connectivity index (χ0v) is 15.6. The van der Waals surface area contributed by atoms with Crippen LogP contribution in [0.3, 0.4) is 0 Å². The van der Waals surface area contributed by atoms with Crippen LogP contribution in [0.4, 0.5) is 0 Å². The third-order valence-corrected chi connectivity index (χ3v) is 8.87. The van der Waals surface area contributed by atoms with Gasteiger partial charge < -0.3 is 0 Å². The molecule has 0 aromatic rings. The van der Waals surface area contributed by atoms with Crippen molar-refractivity contribution in [2.75, 3.05) is 0 Å². The van der Waals surface area contributed by atoms with Crippen molar-refractivity contribution in [3.63, 3.8) is 0 Å². The first-order valence-electron chi connectivity index (χ1n) is 10.1. The minimum absolute atomic E-state index is 0.301. The molecule has 4 rings (SSSR count). The van der Waals surface area contributed by atoms with Gasteiger partial charge in [0.15, 0.2) is 0 Å². The fourth-order valence-corrected chi connectivity index (χ4v) is 7.85. The molecular weight excluding hydrogens is 280 g/mol. The molecule has 0 radical (unpaired) electrons. The van der Waals surface area contributed by atoms with Crippen molar-refractivity contribution in [3.05, 3.63) is 11.1 Å². The van der Waals surface area contributed by atoms with Crippen LogP contribution < -0.4 is 0 Å². The Morgan fingerprint density at radius 3 is 2.57 bits per heavy atom. The molecule has 0 aromatic carbocycles. The van der Waals surface area contributed by atoms with E-state index in [4.69, 9.17) is 0 Å². The van der Waals surface area contributed by atoms with Crippen LogP contribution in [0, 0.1) is 34.5 Å². The van der Waals surface area contributed by atoms with E-state index in [2.05, 4.69) is 20.8 Å². The van der Waals surface area contributed by atoms with Crippen LogP contribution >= 0.6 is 0 Å². The second kappa shape index (κ2) is 5.20. The van der Waals surface area contributed by atoms with E-state index < -0.39 is 0 Å². The summed E-state index contributed by atoms with van der Waals surface area (Å²) in [5.74, 6) is 3.35. The Labute approximate surface area is 142 Å². The van der Waals surface area contributed by atoms with Gasteiger partial charge in [0, 0.05) is 5.92 Å². The summed E-state index contributed by atoms with van der Waals surface area (Å²) in [6, 6.07) is 0. The second-order valence-corrected chi connectivity index (χ2v) is 9.75. The number of hydrogen-bond donors (Lipinski definition) is 0. The maximum Gasteiger partial charge on any atom is 0.133 e. The predicted molar refractivity (Wildman–Crippen MR) is 95.1 cm³/mol. The summed E-state index contributed by atoms with van der Waals surface area (Å²) in [4.78, 5) is 12.2. The van der Waals surface area contributed by atoms with E-state index in [1.165, 1.54) is 51.4 Å². The van der Waals surface area contributed by atoms with Crippen LogP contribution in [0.1, 0.15) is 85.5 Å². The molecule has 23 heavy (non-hydrogen) atoms. The van der Waals surface area contributed by atoms with Gasteiger partial charge in [0.1, 0.15) is 5.78 Å². The molecule has 6 atom stereocenters. The maximum absolute atomic E-state index is 12.2. The lowest BCUT2D eigenvalue weighted by molar-refractivity contribution is -0.127. The lowest BCUT2D eigenvalue weighted by Crippen LogP contribution is -2.50. The first kappa shape index (κ1) is 15.9. The molecule has 3 saturated carbocycles. The highest BCUT2D eigenvalue weighted by Gasteiger charge is 2.59. The van der Waals surface area contributed by atoms with Gasteiger partial charge in [0.05, 0.1) is 0 Å². The third kappa shape index (κ3) is 2.07. The van der Waals surface area contributed by atoms with E-state index in [1.807, 2.05) is 12.5 Å². The highest BCUT2D eigenvalue weighted by atomic mass is 16.1. The molecule has 0 bridgehead atoms. The van der Waals surface area contributed by atoms with Gasteiger partial charge in [-0.15, -0.1) is 0 Å². The highest BCUT2D eigenvalue weighted by molar-refractivity contribution is 5.79. The summed E-state index contributed by atoms with van der Waals surface area (Å²) in [5.41, 5.74) is 4.36. The van der Waals surface area contributed by atoms with Crippen molar-refractivity contribution in [1.82, 2.24) is 0 Å². The molecular formula is C22H34O. The number of Topliss-reactive ketones (excluding diaryl/α,β-unsaturated/α-hetero) is 1. The average molecular weight is 315 g/mol. The predicted octanol–water partition coefficient (Wildman–Crippen LogP) is 5.93. The lowest BCUT2D eigenvalue weighted by atomic mass is 9.46. The van der Waals surface area contributed by atoms with Gasteiger partial charge in [-0.05, 0) is 93.8 Å². The van der Waals surface area contributed by atoms with E-state index in [9.17, 15) is 4.79 Å². The number of hydrogen-bond acceptors (Lipinski definition) is 1. The molecule has 0 unspecified atom stereocenters. The molecule has 4 aliphatic carbocycles. The van der Waals surface area contributed by atoms with Crippen LogP contribution in [0.5, 0.6) is 0 Å². The Bertz CT molecular complexity index is 558. The SMILES string of the molecule is CC(=O)[C@H]1CC[C@H]2[C@@H]3CC(C)=C4CCCC[C@]4(C)[C@H]3CC[C@]12C. The largest absolute Gasteiger partial charge is 0.300 e. The Balaban J connectivity index is 1.72. The topological polar surface area (TPSA) is 17.1 Å². The average Bonchev–Trinajstić information content (AvgIpc) is 2.85. The summed E-state index contributed by atoms with van der Waals surface area (Å²) in [7, 11) is 0. The van der Waals surface area contributed by atoms with E-state index in [-0.39, 0.29) is 0 Å². The Morgan fingerprint density at radius 2 is 1.83 bits per heavy atom. The fourth-order valence-electron chi connectivity index (χ4n) is 7.85. The van der Waals surface area contributed by atoms with Gasteiger partial charge in [-0.25, -0.2) is 0 Å². The molecule has 1 nitrogen and oxygen atoms in total. The molecule has 0 saturated heterocycles. The normalized spacial score (nSPS) is 49.4. The Hall–Kier alpha value is -0.590. The molecule has 0 heterocycles. The van der Waals surface area contributed by atoms with E-state index in [0.29, 0.717) is 22.5 Å². The van der Waals surface area contributed by atoms with Crippen LogP contribution in [0.2, 0.25) is 0 Å². The van der Waals surface area contributed by atoms with Gasteiger partial charge >= 0.3 is 0 Å². The van der Waals surface area contributed by atoms with Gasteiger partial charge in [0.25, 0.3) is 0 Å². The molecule has 3 fully saturated rings. The van der Waals surface area contributed by atoms with Gasteiger partial charge in [0.2, 0.25) is 0 Å². The first-order valence-corrected chi connectivity index (χ1v) is 10.1. The van der Waals surface area contributed by atoms with Gasteiger partial charge in [-0.1, -0.05) is 31.4 Å². The zero-order valence-electron chi connectivity index (χ0n) is 15.6. The summed E-state index contributed by atoms with van der Waals surface area (Å²) in [5, 5.41) is 0. The molecule has 128 valence electrons. The Morgan fingerprint density at radius 1 is 1.04 bits per heavy atom. The van der Waals surface area contributed by atoms with E-state index in [1.54, 1.807) is 5.57 Å². The van der Waals surface area contributed by atoms with Gasteiger partial charge in [-0.3, -0.25) is 4.79 Å². The van der Waals surface area contributed by atoms with E-state index in [0.717, 1.165) is 24.2 Å². The van der Waals surface area contributed by atoms with E-state index >= 15 is 0 Å². The number of carbonyl (C=O) groups excluding carboxylic acids is 1. The van der Waals surface area contributed by atoms with Crippen molar-refractivity contribution < 1.29 is 4.79 Å². The van der Waals surface area contributed by atoms with Crippen molar-refractivity contribution in [2.24, 2.45) is 34.5 Å². The third-order valence-electron chi connectivity index (χ3n) is 8.87. The number of allylic oxidation sites excluding steroid dienone is 2. The smallest absolute Gasteiger partial charge is 0.133 e. The summed E-state index contributed by atoms with van der Waals surface area (Å²) in [6.45, 7) is 9.34. The highest BCUT2D eigenvalue weighted by Crippen LogP contribution is 2.67. The lowest BCUT2D eigenvalue weighted by Gasteiger charge is -2.58. The van der Waals surface area contributed by atoms with Crippen LogP contribution in [-0.4, -0.2) is 5.78 Å². The number of fused-ring (bicyclic) bond motifs is 5. The second-order valence-electron chi connectivity index (χ2n) is 9.75. The quantitative estimate of drug-likeness (QED) is 0.548. The fraction of sp³-hybridized carbons (Fsp3) is 0.864. The van der Waals surface area contributed by atoms with Crippen LogP contribution in [-0.2, 0) is 4.79 Å². The molecule has 0 aromatic heterocycles. The summed E-state index contributed by atoms with van der Waals surface area (Å²) < 4.78 is 0. The molecule has 0 spiro atoms. The summed E-state index contributed by atoms with van der Waals surface area (Å²) in [6.07, 6.45) is 12.1. The zero-order chi connectivity index (χ0) is 16.4.